The van der Waals surface area contributed by atoms with Crippen molar-refractivity contribution in [1.82, 2.24) is 29.4 Å². The zero-order valence-electron chi connectivity index (χ0n) is 16.5. The molecule has 4 rings (SSSR count). The van der Waals surface area contributed by atoms with Crippen molar-refractivity contribution < 1.29 is 13.4 Å². The van der Waals surface area contributed by atoms with Gasteiger partial charge in [0.25, 0.3) is 5.56 Å². The predicted molar refractivity (Wildman–Crippen MR) is 114 cm³/mol. The molecule has 1 unspecified atom stereocenters. The third-order valence-electron chi connectivity index (χ3n) is 4.56. The van der Waals surface area contributed by atoms with E-state index in [1.54, 1.807) is 40.0 Å². The Morgan fingerprint density at radius 3 is 2.72 bits per heavy atom. The summed E-state index contributed by atoms with van der Waals surface area (Å²) in [6.45, 7) is 0.219. The molecule has 0 bridgehead atoms. The Labute approximate surface area is 182 Å². The fourth-order valence-electron chi connectivity index (χ4n) is 3.08. The van der Waals surface area contributed by atoms with Crippen molar-refractivity contribution in [2.24, 2.45) is 0 Å². The molecule has 0 fully saturated rings. The average molecular weight is 456 g/mol. The van der Waals surface area contributed by atoms with E-state index < -0.39 is 33.9 Å². The zero-order valence-corrected chi connectivity index (χ0v) is 17.3. The monoisotopic (exact) mass is 456 g/mol. The Balaban J connectivity index is 1.55. The number of imidazole rings is 1. The van der Waals surface area contributed by atoms with Crippen LogP contribution in [0.5, 0.6) is 0 Å². The molecule has 1 amide bonds. The van der Waals surface area contributed by atoms with Crippen LogP contribution in [0.1, 0.15) is 5.69 Å². The van der Waals surface area contributed by atoms with Crippen LogP contribution >= 0.6 is 0 Å². The van der Waals surface area contributed by atoms with Crippen molar-refractivity contribution >= 4 is 27.9 Å². The number of aromatic amines is 1. The first-order chi connectivity index (χ1) is 15.4. The molecule has 0 radical (unpaired) electrons. The Bertz CT molecular complexity index is 1430. The van der Waals surface area contributed by atoms with Gasteiger partial charge in [-0.15, -0.1) is 0 Å². The van der Waals surface area contributed by atoms with Crippen LogP contribution in [0, 0.1) is 5.82 Å². The van der Waals surface area contributed by atoms with E-state index in [-0.39, 0.29) is 18.8 Å². The quantitative estimate of drug-likeness (QED) is 0.445. The number of amides is 1. The Morgan fingerprint density at radius 1 is 1.16 bits per heavy atom. The Morgan fingerprint density at radius 2 is 1.94 bits per heavy atom. The number of nitrogens with zero attached hydrogens (tertiary/aromatic N) is 4. The molecular formula is C20H17FN6O4S. The first-order valence-corrected chi connectivity index (χ1v) is 10.8. The van der Waals surface area contributed by atoms with Crippen LogP contribution in [0.4, 0.5) is 9.18 Å². The lowest BCUT2D eigenvalue weighted by Crippen LogP contribution is -2.41. The number of fused-ring (bicyclic) bond motifs is 1. The van der Waals surface area contributed by atoms with Crippen molar-refractivity contribution in [2.45, 2.75) is 17.5 Å². The maximum Gasteiger partial charge on any atom is 0.336 e. The van der Waals surface area contributed by atoms with Crippen molar-refractivity contribution in [2.75, 3.05) is 6.54 Å². The summed E-state index contributed by atoms with van der Waals surface area (Å²) in [6, 6.07) is 11.7. The van der Waals surface area contributed by atoms with Gasteiger partial charge in [-0.05, 0) is 24.3 Å². The topological polar surface area (TPSA) is 132 Å². The molecule has 1 atom stereocenters. The van der Waals surface area contributed by atoms with E-state index in [1.807, 2.05) is 18.2 Å². The van der Waals surface area contributed by atoms with Crippen molar-refractivity contribution in [3.8, 4) is 0 Å². The molecular weight excluding hydrogens is 439 g/mol. The maximum atomic E-state index is 13.4. The minimum atomic E-state index is -1.51. The number of para-hydroxylation sites is 2. The molecule has 0 saturated heterocycles. The summed E-state index contributed by atoms with van der Waals surface area (Å²) in [4.78, 5) is 45.5. The zero-order chi connectivity index (χ0) is 22.7. The lowest BCUT2D eigenvalue weighted by atomic mass is 10.3. The number of hydrogen-bond acceptors (Lipinski definition) is 6. The number of benzene rings is 1. The molecule has 0 aliphatic heterocycles. The second-order valence-corrected chi connectivity index (χ2v) is 8.03. The van der Waals surface area contributed by atoms with Gasteiger partial charge in [0.2, 0.25) is 11.0 Å². The largest absolute Gasteiger partial charge is 0.336 e. The number of rotatable bonds is 6. The molecule has 0 aliphatic rings. The van der Waals surface area contributed by atoms with E-state index in [4.69, 9.17) is 0 Å². The average Bonchev–Trinajstić information content (AvgIpc) is 3.16. The van der Waals surface area contributed by atoms with Crippen molar-refractivity contribution in [1.29, 1.82) is 0 Å². The number of H-pyrrole nitrogens is 1. The number of halogens is 1. The molecule has 4 aromatic rings. The van der Waals surface area contributed by atoms with Crippen LogP contribution in [0.15, 0.2) is 69.6 Å². The molecule has 0 aliphatic carbocycles. The van der Waals surface area contributed by atoms with Crippen LogP contribution < -0.4 is 16.6 Å². The second kappa shape index (κ2) is 9.06. The van der Waals surface area contributed by atoms with Gasteiger partial charge in [0.1, 0.15) is 0 Å². The van der Waals surface area contributed by atoms with E-state index in [1.165, 1.54) is 0 Å². The summed E-state index contributed by atoms with van der Waals surface area (Å²) in [7, 11) is -1.51. The van der Waals surface area contributed by atoms with Gasteiger partial charge in [-0.3, -0.25) is 19.0 Å². The number of carbonyl (C=O) groups is 1. The Hall–Kier alpha value is -3.93. The highest BCUT2D eigenvalue weighted by Gasteiger charge is 2.18. The smallest absolute Gasteiger partial charge is 0.335 e. The summed E-state index contributed by atoms with van der Waals surface area (Å²) in [5.74, 6) is -1.09. The fourth-order valence-corrected chi connectivity index (χ4v) is 4.29. The van der Waals surface area contributed by atoms with E-state index in [2.05, 4.69) is 15.3 Å². The minimum Gasteiger partial charge on any atom is -0.335 e. The number of carbonyl (C=O) groups excluding carboxylic acids is 1. The third kappa shape index (κ3) is 4.39. The fraction of sp³-hybridized carbons (Fsp3) is 0.150. The van der Waals surface area contributed by atoms with Crippen molar-refractivity contribution in [3.63, 3.8) is 0 Å². The molecule has 12 heteroatoms. The van der Waals surface area contributed by atoms with E-state index in [9.17, 15) is 23.0 Å². The lowest BCUT2D eigenvalue weighted by Gasteiger charge is -2.11. The minimum absolute atomic E-state index is 0.0279. The predicted octanol–water partition coefficient (Wildman–Crippen LogP) is 0.986. The lowest BCUT2D eigenvalue weighted by molar-refractivity contribution is 0.240. The van der Waals surface area contributed by atoms with Gasteiger partial charge in [-0.2, -0.15) is 4.39 Å². The molecule has 3 aromatic heterocycles. The molecule has 10 nitrogen and oxygen atoms in total. The highest BCUT2D eigenvalue weighted by atomic mass is 32.2. The first kappa shape index (κ1) is 21.3. The summed E-state index contributed by atoms with van der Waals surface area (Å²) >= 11 is 0. The van der Waals surface area contributed by atoms with Gasteiger partial charge < -0.3 is 9.88 Å². The number of nitrogens with one attached hydrogen (secondary N) is 2. The van der Waals surface area contributed by atoms with Crippen LogP contribution in [-0.2, 0) is 23.1 Å². The summed E-state index contributed by atoms with van der Waals surface area (Å²) in [5.41, 5.74) is -0.249. The maximum absolute atomic E-state index is 13.4. The highest BCUT2D eigenvalue weighted by Crippen LogP contribution is 2.19. The SMILES string of the molecule is O=C(NCCn1c(S(=O)Cc2ccccn2)nc2ccccc21)n1cc(F)c(=O)[nH]c1=O. The van der Waals surface area contributed by atoms with Gasteiger partial charge in [0.05, 0.1) is 39.5 Å². The number of pyridine rings is 1. The summed E-state index contributed by atoms with van der Waals surface area (Å²) in [6.07, 6.45) is 2.14. The van der Waals surface area contributed by atoms with E-state index in [0.717, 1.165) is 5.52 Å². The molecule has 164 valence electrons. The first-order valence-electron chi connectivity index (χ1n) is 9.47. The Kier molecular flexibility index (Phi) is 6.03. The molecule has 0 saturated carbocycles. The van der Waals surface area contributed by atoms with E-state index in [0.29, 0.717) is 27.1 Å². The third-order valence-corrected chi connectivity index (χ3v) is 5.83. The second-order valence-electron chi connectivity index (χ2n) is 6.68. The van der Waals surface area contributed by atoms with Crippen LogP contribution in [-0.4, -0.2) is 40.9 Å². The van der Waals surface area contributed by atoms with Gasteiger partial charge in [0, 0.05) is 19.3 Å². The van der Waals surface area contributed by atoms with Gasteiger partial charge in [-0.25, -0.2) is 19.1 Å². The molecule has 32 heavy (non-hydrogen) atoms. The van der Waals surface area contributed by atoms with Gasteiger partial charge in [0.15, 0.2) is 0 Å². The highest BCUT2D eigenvalue weighted by molar-refractivity contribution is 7.84. The van der Waals surface area contributed by atoms with Gasteiger partial charge in [-0.1, -0.05) is 18.2 Å². The number of hydrogen-bond donors (Lipinski definition) is 2. The summed E-state index contributed by atoms with van der Waals surface area (Å²) in [5, 5.41) is 2.80. The molecule has 1 aromatic carbocycles. The molecule has 3 heterocycles. The number of aromatic nitrogens is 5. The standard InChI is InChI=1S/C20H17FN6O4S/c21-14-11-27(19(30)25-17(14)28)18(29)23-9-10-26-16-7-2-1-6-15(16)24-20(26)32(31)12-13-5-3-4-8-22-13/h1-8,11H,9-10,12H2,(H,23,29)(H,25,28,30). The molecule has 2 N–H and O–H groups in total. The normalized spacial score (nSPS) is 12.0. The van der Waals surface area contributed by atoms with E-state index >= 15 is 0 Å². The van der Waals surface area contributed by atoms with Gasteiger partial charge >= 0.3 is 11.7 Å². The van der Waals surface area contributed by atoms with Crippen LogP contribution in [0.3, 0.4) is 0 Å². The van der Waals surface area contributed by atoms with Crippen LogP contribution in [0.25, 0.3) is 11.0 Å². The summed E-state index contributed by atoms with van der Waals surface area (Å²) < 4.78 is 28.6. The van der Waals surface area contributed by atoms with Crippen LogP contribution in [0.2, 0.25) is 0 Å². The van der Waals surface area contributed by atoms with Crippen molar-refractivity contribution in [3.05, 3.63) is 87.2 Å². The molecule has 0 spiro atoms.